The molecular formula is C21H28N4O. The molecule has 1 amide bonds. The maximum Gasteiger partial charge on any atom is 0.252 e. The van der Waals surface area contributed by atoms with Gasteiger partial charge in [0, 0.05) is 38.4 Å². The fraction of sp³-hybridized carbons (Fsp3) is 0.429. The van der Waals surface area contributed by atoms with Gasteiger partial charge in [-0.1, -0.05) is 44.2 Å². The summed E-state index contributed by atoms with van der Waals surface area (Å²) in [6, 6.07) is 14.7. The number of nitrogens with zero attached hydrogens (tertiary/aromatic N) is 2. The van der Waals surface area contributed by atoms with Crippen LogP contribution in [0, 0.1) is 5.92 Å². The number of anilines is 1. The third-order valence-electron chi connectivity index (χ3n) is 4.83. The van der Waals surface area contributed by atoms with Gasteiger partial charge in [-0.15, -0.1) is 0 Å². The number of pyridine rings is 1. The molecule has 0 bridgehead atoms. The second-order valence-corrected chi connectivity index (χ2v) is 7.10. The second kappa shape index (κ2) is 8.81. The third-order valence-corrected chi connectivity index (χ3v) is 4.83. The fourth-order valence-corrected chi connectivity index (χ4v) is 3.37. The lowest BCUT2D eigenvalue weighted by molar-refractivity contribution is 0.0953. The molecule has 1 aromatic carbocycles. The lowest BCUT2D eigenvalue weighted by Crippen LogP contribution is -2.28. The van der Waals surface area contributed by atoms with Crippen LogP contribution >= 0.6 is 0 Å². The van der Waals surface area contributed by atoms with Gasteiger partial charge in [-0.05, 0) is 30.0 Å². The third kappa shape index (κ3) is 4.82. The Morgan fingerprint density at radius 1 is 1.19 bits per heavy atom. The van der Waals surface area contributed by atoms with Gasteiger partial charge in [0.15, 0.2) is 0 Å². The van der Waals surface area contributed by atoms with Gasteiger partial charge in [0.1, 0.15) is 5.82 Å². The molecule has 0 radical (unpaired) electrons. The average Bonchev–Trinajstić information content (AvgIpc) is 3.00. The molecule has 0 spiro atoms. The van der Waals surface area contributed by atoms with E-state index in [0.717, 1.165) is 31.9 Å². The van der Waals surface area contributed by atoms with Gasteiger partial charge >= 0.3 is 0 Å². The highest BCUT2D eigenvalue weighted by molar-refractivity contribution is 5.94. The van der Waals surface area contributed by atoms with Crippen molar-refractivity contribution >= 4 is 11.7 Å². The molecule has 0 aliphatic carbocycles. The highest BCUT2D eigenvalue weighted by atomic mass is 16.1. The maximum atomic E-state index is 11.9. The van der Waals surface area contributed by atoms with Gasteiger partial charge in [-0.2, -0.15) is 0 Å². The standard InChI is InChI=1S/C21H28N4O/c1-3-11-22-21(26)18-9-10-20(23-12-18)24-19-15-25(13-16(19)2)14-17-7-5-4-6-8-17/h4-10,12,16,19H,3,11,13-15H2,1-2H3,(H,22,26)(H,23,24). The molecule has 2 heterocycles. The van der Waals surface area contributed by atoms with Gasteiger partial charge < -0.3 is 10.6 Å². The quantitative estimate of drug-likeness (QED) is 0.804. The molecule has 1 aliphatic heterocycles. The summed E-state index contributed by atoms with van der Waals surface area (Å²) < 4.78 is 0. The van der Waals surface area contributed by atoms with Crippen LogP contribution in [0.1, 0.15) is 36.2 Å². The summed E-state index contributed by atoms with van der Waals surface area (Å²) in [5, 5.41) is 6.40. The van der Waals surface area contributed by atoms with Crippen LogP contribution in [0.4, 0.5) is 5.82 Å². The van der Waals surface area contributed by atoms with E-state index in [1.807, 2.05) is 19.1 Å². The van der Waals surface area contributed by atoms with E-state index in [1.165, 1.54) is 5.56 Å². The number of amides is 1. The minimum absolute atomic E-state index is 0.0610. The highest BCUT2D eigenvalue weighted by Gasteiger charge is 2.29. The largest absolute Gasteiger partial charge is 0.366 e. The number of carbonyl (C=O) groups is 1. The molecule has 1 aliphatic rings. The SMILES string of the molecule is CCCNC(=O)c1ccc(NC2CN(Cc3ccccc3)CC2C)nc1. The predicted molar refractivity (Wildman–Crippen MR) is 105 cm³/mol. The number of nitrogens with one attached hydrogen (secondary N) is 2. The molecule has 1 aromatic heterocycles. The molecule has 5 nitrogen and oxygen atoms in total. The van der Waals surface area contributed by atoms with E-state index in [4.69, 9.17) is 0 Å². The molecule has 2 atom stereocenters. The Labute approximate surface area is 155 Å². The highest BCUT2D eigenvalue weighted by Crippen LogP contribution is 2.22. The summed E-state index contributed by atoms with van der Waals surface area (Å²) in [5.41, 5.74) is 1.95. The molecule has 0 saturated carbocycles. The Morgan fingerprint density at radius 2 is 2.00 bits per heavy atom. The van der Waals surface area contributed by atoms with Gasteiger partial charge in [0.25, 0.3) is 5.91 Å². The zero-order chi connectivity index (χ0) is 18.4. The lowest BCUT2D eigenvalue weighted by atomic mass is 10.1. The molecule has 138 valence electrons. The predicted octanol–water partition coefficient (Wildman–Crippen LogP) is 3.15. The summed E-state index contributed by atoms with van der Waals surface area (Å²) in [6.07, 6.45) is 2.58. The number of aromatic nitrogens is 1. The number of benzene rings is 1. The number of likely N-dealkylation sites (tertiary alicyclic amines) is 1. The topological polar surface area (TPSA) is 57.3 Å². The molecule has 2 unspecified atom stereocenters. The van der Waals surface area contributed by atoms with Crippen LogP contribution in [0.5, 0.6) is 0 Å². The van der Waals surface area contributed by atoms with E-state index >= 15 is 0 Å². The smallest absolute Gasteiger partial charge is 0.252 e. The average molecular weight is 352 g/mol. The van der Waals surface area contributed by atoms with E-state index in [2.05, 4.69) is 57.8 Å². The van der Waals surface area contributed by atoms with Crippen molar-refractivity contribution in [3.8, 4) is 0 Å². The van der Waals surface area contributed by atoms with Crippen LogP contribution in [-0.2, 0) is 6.54 Å². The first-order chi connectivity index (χ1) is 12.7. The van der Waals surface area contributed by atoms with E-state index in [1.54, 1.807) is 6.20 Å². The molecule has 3 rings (SSSR count). The Kier molecular flexibility index (Phi) is 6.23. The molecule has 2 N–H and O–H groups in total. The zero-order valence-corrected chi connectivity index (χ0v) is 15.6. The summed E-state index contributed by atoms with van der Waals surface area (Å²) in [5.74, 6) is 1.32. The summed E-state index contributed by atoms with van der Waals surface area (Å²) in [7, 11) is 0. The fourth-order valence-electron chi connectivity index (χ4n) is 3.37. The first kappa shape index (κ1) is 18.4. The van der Waals surface area contributed by atoms with Gasteiger partial charge in [0.05, 0.1) is 5.56 Å². The van der Waals surface area contributed by atoms with E-state index in [9.17, 15) is 4.79 Å². The molecule has 5 heteroatoms. The van der Waals surface area contributed by atoms with Crippen LogP contribution in [0.3, 0.4) is 0 Å². The van der Waals surface area contributed by atoms with Gasteiger partial charge in [-0.3, -0.25) is 9.69 Å². The summed E-state index contributed by atoms with van der Waals surface area (Å²) in [6.45, 7) is 8.05. The Hall–Kier alpha value is -2.40. The van der Waals surface area contributed by atoms with Crippen molar-refractivity contribution < 1.29 is 4.79 Å². The van der Waals surface area contributed by atoms with Crippen LogP contribution in [0.2, 0.25) is 0 Å². The van der Waals surface area contributed by atoms with Crippen molar-refractivity contribution in [3.05, 3.63) is 59.8 Å². The normalized spacial score (nSPS) is 20.1. The maximum absolute atomic E-state index is 11.9. The van der Waals surface area contributed by atoms with E-state index in [-0.39, 0.29) is 5.91 Å². The second-order valence-electron chi connectivity index (χ2n) is 7.10. The first-order valence-corrected chi connectivity index (χ1v) is 9.42. The van der Waals surface area contributed by atoms with E-state index in [0.29, 0.717) is 24.1 Å². The first-order valence-electron chi connectivity index (χ1n) is 9.42. The number of hydrogen-bond donors (Lipinski definition) is 2. The van der Waals surface area contributed by atoms with Crippen LogP contribution in [0.25, 0.3) is 0 Å². The van der Waals surface area contributed by atoms with Gasteiger partial charge in [-0.25, -0.2) is 4.98 Å². The number of hydrogen-bond acceptors (Lipinski definition) is 4. The Bertz CT molecular complexity index is 702. The molecule has 1 fully saturated rings. The molecule has 26 heavy (non-hydrogen) atoms. The Balaban J connectivity index is 1.54. The molecule has 2 aromatic rings. The van der Waals surface area contributed by atoms with Crippen molar-refractivity contribution in [2.75, 3.05) is 25.0 Å². The number of rotatable bonds is 7. The monoisotopic (exact) mass is 352 g/mol. The molecule has 1 saturated heterocycles. The summed E-state index contributed by atoms with van der Waals surface area (Å²) in [4.78, 5) is 18.9. The summed E-state index contributed by atoms with van der Waals surface area (Å²) >= 11 is 0. The molecular weight excluding hydrogens is 324 g/mol. The van der Waals surface area contributed by atoms with Crippen molar-refractivity contribution in [1.29, 1.82) is 0 Å². The van der Waals surface area contributed by atoms with Crippen LogP contribution in [-0.4, -0.2) is 41.5 Å². The number of carbonyl (C=O) groups excluding carboxylic acids is 1. The van der Waals surface area contributed by atoms with Crippen molar-refractivity contribution in [2.24, 2.45) is 5.92 Å². The van der Waals surface area contributed by atoms with Crippen molar-refractivity contribution in [1.82, 2.24) is 15.2 Å². The Morgan fingerprint density at radius 3 is 2.69 bits per heavy atom. The lowest BCUT2D eigenvalue weighted by Gasteiger charge is -2.18. The zero-order valence-electron chi connectivity index (χ0n) is 15.6. The minimum Gasteiger partial charge on any atom is -0.366 e. The van der Waals surface area contributed by atoms with E-state index < -0.39 is 0 Å². The minimum atomic E-state index is -0.0610. The van der Waals surface area contributed by atoms with Crippen molar-refractivity contribution in [3.63, 3.8) is 0 Å². The van der Waals surface area contributed by atoms with Crippen LogP contribution < -0.4 is 10.6 Å². The van der Waals surface area contributed by atoms with Crippen molar-refractivity contribution in [2.45, 2.75) is 32.9 Å². The van der Waals surface area contributed by atoms with Gasteiger partial charge in [0.2, 0.25) is 0 Å². The van der Waals surface area contributed by atoms with Crippen LogP contribution in [0.15, 0.2) is 48.7 Å².